The summed E-state index contributed by atoms with van der Waals surface area (Å²) >= 11 is 0. The van der Waals surface area contributed by atoms with E-state index in [1.807, 2.05) is 0 Å². The Morgan fingerprint density at radius 1 is 1.46 bits per heavy atom. The third-order valence-electron chi connectivity index (χ3n) is 3.78. The lowest BCUT2D eigenvalue weighted by Crippen LogP contribution is -2.15. The summed E-state index contributed by atoms with van der Waals surface area (Å²) < 4.78 is 7.36. The second-order valence-electron chi connectivity index (χ2n) is 5.64. The van der Waals surface area contributed by atoms with Crippen LogP contribution in [-0.4, -0.2) is 28.4 Å². The molecule has 24 heavy (non-hydrogen) atoms. The van der Waals surface area contributed by atoms with Crippen LogP contribution in [-0.2, 0) is 16.1 Å². The highest BCUT2D eigenvalue weighted by molar-refractivity contribution is 6.01. The number of amides is 1. The maximum absolute atomic E-state index is 12.0. The van der Waals surface area contributed by atoms with Gasteiger partial charge in [0.1, 0.15) is 0 Å². The minimum Gasteiger partial charge on any atom is -0.376 e. The van der Waals surface area contributed by atoms with Crippen molar-refractivity contribution in [2.45, 2.75) is 25.5 Å². The molecule has 1 aromatic heterocycles. The quantitative estimate of drug-likeness (QED) is 0.858. The van der Waals surface area contributed by atoms with Crippen molar-refractivity contribution in [3.63, 3.8) is 0 Å². The molecule has 1 aliphatic heterocycles. The van der Waals surface area contributed by atoms with E-state index < -0.39 is 0 Å². The number of nitrogens with zero attached hydrogens (tertiary/aromatic N) is 3. The van der Waals surface area contributed by atoms with Gasteiger partial charge in [-0.3, -0.25) is 9.48 Å². The average molecular weight is 322 g/mol. The van der Waals surface area contributed by atoms with E-state index in [9.17, 15) is 4.79 Å². The number of benzene rings is 1. The average Bonchev–Trinajstić information content (AvgIpc) is 3.26. The number of ether oxygens (including phenoxy) is 1. The number of hydrogen-bond donors (Lipinski definition) is 1. The molecule has 1 aromatic carbocycles. The van der Waals surface area contributed by atoms with Crippen LogP contribution in [0.15, 0.2) is 42.7 Å². The largest absolute Gasteiger partial charge is 0.376 e. The molecule has 0 radical (unpaired) electrons. The summed E-state index contributed by atoms with van der Waals surface area (Å²) in [4.78, 5) is 12.0. The van der Waals surface area contributed by atoms with Gasteiger partial charge in [0, 0.05) is 18.9 Å². The van der Waals surface area contributed by atoms with Gasteiger partial charge in [-0.05, 0) is 36.6 Å². The van der Waals surface area contributed by atoms with Crippen LogP contribution in [0.3, 0.4) is 0 Å². The van der Waals surface area contributed by atoms with Crippen LogP contribution in [0.1, 0.15) is 24.0 Å². The van der Waals surface area contributed by atoms with Crippen molar-refractivity contribution in [2.75, 3.05) is 11.9 Å². The smallest absolute Gasteiger partial charge is 0.248 e. The molecule has 0 spiro atoms. The summed E-state index contributed by atoms with van der Waals surface area (Å²) in [6, 6.07) is 9.08. The number of hydrogen-bond acceptors (Lipinski definition) is 4. The second kappa shape index (κ2) is 7.57. The van der Waals surface area contributed by atoms with Crippen LogP contribution in [0.25, 0.3) is 6.08 Å². The summed E-state index contributed by atoms with van der Waals surface area (Å²) in [6.07, 6.45) is 8.94. The van der Waals surface area contributed by atoms with Gasteiger partial charge in [-0.2, -0.15) is 10.4 Å². The van der Waals surface area contributed by atoms with Crippen molar-refractivity contribution >= 4 is 17.7 Å². The molecule has 2 aromatic rings. The van der Waals surface area contributed by atoms with E-state index in [0.29, 0.717) is 17.8 Å². The first-order valence-corrected chi connectivity index (χ1v) is 7.86. The maximum Gasteiger partial charge on any atom is 0.248 e. The summed E-state index contributed by atoms with van der Waals surface area (Å²) in [5, 5.41) is 15.8. The molecule has 1 aliphatic rings. The summed E-state index contributed by atoms with van der Waals surface area (Å²) in [6.45, 7) is 1.52. The van der Waals surface area contributed by atoms with E-state index in [1.165, 1.54) is 6.08 Å². The lowest BCUT2D eigenvalue weighted by atomic mass is 10.1. The van der Waals surface area contributed by atoms with Crippen molar-refractivity contribution in [3.8, 4) is 6.07 Å². The molecule has 0 saturated carbocycles. The Balaban J connectivity index is 1.53. The van der Waals surface area contributed by atoms with Crippen molar-refractivity contribution in [1.29, 1.82) is 5.26 Å². The fourth-order valence-corrected chi connectivity index (χ4v) is 2.55. The van der Waals surface area contributed by atoms with Gasteiger partial charge in [0.25, 0.3) is 0 Å². The first-order valence-electron chi connectivity index (χ1n) is 7.86. The van der Waals surface area contributed by atoms with Crippen molar-refractivity contribution in [3.05, 3.63) is 53.9 Å². The maximum atomic E-state index is 12.0. The molecule has 1 amide bonds. The molecular formula is C18H18N4O2. The minimum absolute atomic E-state index is 0.213. The zero-order valence-electron chi connectivity index (χ0n) is 13.2. The Kier molecular flexibility index (Phi) is 5.04. The third kappa shape index (κ3) is 4.31. The molecule has 1 atom stereocenters. The Morgan fingerprint density at radius 3 is 3.00 bits per heavy atom. The highest BCUT2D eigenvalue weighted by Crippen LogP contribution is 2.15. The molecule has 6 heteroatoms. The lowest BCUT2D eigenvalue weighted by Gasteiger charge is -2.08. The Morgan fingerprint density at radius 2 is 2.29 bits per heavy atom. The number of carbonyl (C=O) groups is 1. The van der Waals surface area contributed by atoms with E-state index >= 15 is 0 Å². The van der Waals surface area contributed by atoms with Gasteiger partial charge in [0.2, 0.25) is 5.91 Å². The van der Waals surface area contributed by atoms with E-state index in [2.05, 4.69) is 16.5 Å². The molecule has 0 bridgehead atoms. The molecular weight excluding hydrogens is 304 g/mol. The number of anilines is 1. The second-order valence-corrected chi connectivity index (χ2v) is 5.64. The van der Waals surface area contributed by atoms with Gasteiger partial charge in [-0.1, -0.05) is 12.1 Å². The normalized spacial score (nSPS) is 17.0. The molecule has 0 aliphatic carbocycles. The van der Waals surface area contributed by atoms with Crippen LogP contribution in [0.4, 0.5) is 5.69 Å². The first kappa shape index (κ1) is 16.0. The molecule has 3 rings (SSSR count). The van der Waals surface area contributed by atoms with Gasteiger partial charge >= 0.3 is 0 Å². The first-order chi connectivity index (χ1) is 11.7. The number of rotatable bonds is 5. The van der Waals surface area contributed by atoms with E-state index in [4.69, 9.17) is 10.00 Å². The summed E-state index contributed by atoms with van der Waals surface area (Å²) in [5.41, 5.74) is 2.11. The topological polar surface area (TPSA) is 79.9 Å². The fourth-order valence-electron chi connectivity index (χ4n) is 2.55. The van der Waals surface area contributed by atoms with E-state index in [0.717, 1.165) is 25.0 Å². The predicted octanol–water partition coefficient (Wildman–Crippen LogP) is 2.59. The molecule has 1 fully saturated rings. The monoisotopic (exact) mass is 322 g/mol. The molecule has 1 unspecified atom stereocenters. The van der Waals surface area contributed by atoms with Crippen molar-refractivity contribution in [1.82, 2.24) is 9.78 Å². The highest BCUT2D eigenvalue weighted by atomic mass is 16.5. The number of nitrogens with one attached hydrogen (secondary N) is 1. The van der Waals surface area contributed by atoms with Crippen LogP contribution in [0, 0.1) is 11.3 Å². The van der Waals surface area contributed by atoms with Gasteiger partial charge in [0.05, 0.1) is 36.2 Å². The summed E-state index contributed by atoms with van der Waals surface area (Å²) in [5.74, 6) is -0.226. The SMILES string of the molecule is N#Cc1ccc(/C=C/C(=O)Nc2cnn(CC3CCCO3)c2)cc1. The number of nitriles is 1. The van der Waals surface area contributed by atoms with Gasteiger partial charge in [-0.25, -0.2) is 0 Å². The Hall–Kier alpha value is -2.91. The standard InChI is InChI=1S/C18H18N4O2/c19-10-15-5-3-14(4-6-15)7-8-18(23)21-16-11-20-22(12-16)13-17-2-1-9-24-17/h3-8,11-12,17H,1-2,9,13H2,(H,21,23)/b8-7+. The molecule has 6 nitrogen and oxygen atoms in total. The zero-order valence-corrected chi connectivity index (χ0v) is 13.2. The van der Waals surface area contributed by atoms with E-state index in [1.54, 1.807) is 47.4 Å². The van der Waals surface area contributed by atoms with E-state index in [-0.39, 0.29) is 12.0 Å². The van der Waals surface area contributed by atoms with Crippen LogP contribution < -0.4 is 5.32 Å². The third-order valence-corrected chi connectivity index (χ3v) is 3.78. The summed E-state index contributed by atoms with van der Waals surface area (Å²) in [7, 11) is 0. The van der Waals surface area contributed by atoms with Crippen LogP contribution in [0.5, 0.6) is 0 Å². The minimum atomic E-state index is -0.226. The zero-order chi connectivity index (χ0) is 16.8. The van der Waals surface area contributed by atoms with Crippen LogP contribution in [0.2, 0.25) is 0 Å². The molecule has 2 heterocycles. The van der Waals surface area contributed by atoms with Crippen molar-refractivity contribution in [2.24, 2.45) is 0 Å². The molecule has 122 valence electrons. The van der Waals surface area contributed by atoms with Crippen LogP contribution >= 0.6 is 0 Å². The molecule has 1 saturated heterocycles. The number of carbonyl (C=O) groups excluding carboxylic acids is 1. The highest BCUT2D eigenvalue weighted by Gasteiger charge is 2.16. The van der Waals surface area contributed by atoms with Gasteiger partial charge in [-0.15, -0.1) is 0 Å². The number of aromatic nitrogens is 2. The Bertz CT molecular complexity index is 765. The van der Waals surface area contributed by atoms with Crippen molar-refractivity contribution < 1.29 is 9.53 Å². The molecule has 1 N–H and O–H groups in total. The van der Waals surface area contributed by atoms with Gasteiger partial charge < -0.3 is 10.1 Å². The fraction of sp³-hybridized carbons (Fsp3) is 0.278. The lowest BCUT2D eigenvalue weighted by molar-refractivity contribution is -0.111. The Labute approximate surface area is 140 Å². The van der Waals surface area contributed by atoms with Gasteiger partial charge in [0.15, 0.2) is 0 Å². The predicted molar refractivity (Wildman–Crippen MR) is 90.0 cm³/mol.